The van der Waals surface area contributed by atoms with E-state index in [0.717, 1.165) is 17.1 Å². The minimum absolute atomic E-state index is 0.286. The molecular weight excluding hydrogens is 735 g/mol. The normalized spacial score (nSPS) is 14.0. The lowest BCUT2D eigenvalue weighted by Crippen LogP contribution is -2.22. The smallest absolute Gasteiger partial charge is 0.0540 e. The first kappa shape index (κ1) is 36.3. The van der Waals surface area contributed by atoms with E-state index < -0.39 is 0 Å². The van der Waals surface area contributed by atoms with Crippen LogP contribution in [0.4, 0.5) is 17.1 Å². The van der Waals surface area contributed by atoms with Crippen LogP contribution in [0.1, 0.15) is 23.6 Å². The lowest BCUT2D eigenvalue weighted by molar-refractivity contribution is 0.714. The molecule has 0 N–H and O–H groups in total. The van der Waals surface area contributed by atoms with Crippen LogP contribution < -0.4 is 4.90 Å². The van der Waals surface area contributed by atoms with Crippen LogP contribution in [0.3, 0.4) is 0 Å². The number of fused-ring (bicyclic) bond motifs is 4. The van der Waals surface area contributed by atoms with E-state index in [0.29, 0.717) is 0 Å². The van der Waals surface area contributed by atoms with E-state index in [-0.39, 0.29) is 5.41 Å². The number of anilines is 3. The van der Waals surface area contributed by atoms with Crippen LogP contribution in [0.5, 0.6) is 0 Å². The molecule has 0 spiro atoms. The van der Waals surface area contributed by atoms with Gasteiger partial charge in [-0.15, -0.1) is 0 Å². The third kappa shape index (κ3) is 6.34. The summed E-state index contributed by atoms with van der Waals surface area (Å²) in [6, 6.07) is 88.7. The second kappa shape index (κ2) is 15.1. The third-order valence-corrected chi connectivity index (χ3v) is 12.8. The lowest BCUT2D eigenvalue weighted by atomic mass is 9.74. The SMILES string of the molecule is CC1(c2ccccc2)c2ccccc2-c2c(-c3ccccc3N(c3ccc(-c4ccc(-c5ccccc5)cc4)cc3)c3ccc(-c4ccc5ccccc5c4)cc3)cccc21. The highest BCUT2D eigenvalue weighted by Gasteiger charge is 2.41. The molecule has 0 saturated heterocycles. The Morgan fingerprint density at radius 3 is 1.44 bits per heavy atom. The molecule has 0 amide bonds. The van der Waals surface area contributed by atoms with Crippen molar-refractivity contribution in [1.82, 2.24) is 0 Å². The highest BCUT2D eigenvalue weighted by Crippen LogP contribution is 2.56. The minimum Gasteiger partial charge on any atom is -0.310 e. The van der Waals surface area contributed by atoms with Crippen molar-refractivity contribution in [3.63, 3.8) is 0 Å². The molecule has 0 saturated carbocycles. The number of para-hydroxylation sites is 1. The van der Waals surface area contributed by atoms with Crippen LogP contribution in [-0.4, -0.2) is 0 Å². The Labute approximate surface area is 358 Å². The molecule has 1 unspecified atom stereocenters. The predicted octanol–water partition coefficient (Wildman–Crippen LogP) is 16.3. The summed E-state index contributed by atoms with van der Waals surface area (Å²) >= 11 is 0. The molecule has 0 fully saturated rings. The molecule has 10 aromatic rings. The molecule has 1 heteroatoms. The Morgan fingerprint density at radius 1 is 0.311 bits per heavy atom. The first-order valence-corrected chi connectivity index (χ1v) is 21.2. The number of rotatable bonds is 8. The average molecular weight is 778 g/mol. The van der Waals surface area contributed by atoms with Gasteiger partial charge >= 0.3 is 0 Å². The van der Waals surface area contributed by atoms with Crippen molar-refractivity contribution in [2.24, 2.45) is 0 Å². The van der Waals surface area contributed by atoms with E-state index in [1.807, 2.05) is 0 Å². The van der Waals surface area contributed by atoms with Crippen molar-refractivity contribution in [2.75, 3.05) is 4.90 Å². The Balaban J connectivity index is 1.04. The first-order chi connectivity index (χ1) is 30.1. The van der Waals surface area contributed by atoms with Crippen molar-refractivity contribution in [2.45, 2.75) is 12.3 Å². The summed E-state index contributed by atoms with van der Waals surface area (Å²) in [6.45, 7) is 2.39. The van der Waals surface area contributed by atoms with Crippen LogP contribution in [-0.2, 0) is 5.41 Å². The summed E-state index contributed by atoms with van der Waals surface area (Å²) in [4.78, 5) is 2.43. The fourth-order valence-corrected chi connectivity index (χ4v) is 9.63. The maximum atomic E-state index is 2.43. The monoisotopic (exact) mass is 777 g/mol. The van der Waals surface area contributed by atoms with Gasteiger partial charge in [-0.2, -0.15) is 0 Å². The molecule has 0 aromatic heterocycles. The molecule has 1 nitrogen and oxygen atoms in total. The molecular formula is C60H43N. The van der Waals surface area contributed by atoms with Crippen LogP contribution >= 0.6 is 0 Å². The quantitative estimate of drug-likeness (QED) is 0.149. The summed E-state index contributed by atoms with van der Waals surface area (Å²) in [5, 5.41) is 2.50. The maximum absolute atomic E-state index is 2.43. The van der Waals surface area contributed by atoms with Gasteiger partial charge in [0.1, 0.15) is 0 Å². The van der Waals surface area contributed by atoms with Crippen molar-refractivity contribution < 1.29 is 0 Å². The van der Waals surface area contributed by atoms with Gasteiger partial charge in [0.15, 0.2) is 0 Å². The molecule has 10 aromatic carbocycles. The predicted molar refractivity (Wildman–Crippen MR) is 258 cm³/mol. The van der Waals surface area contributed by atoms with Gasteiger partial charge in [0, 0.05) is 22.4 Å². The number of nitrogens with zero attached hydrogens (tertiary/aromatic N) is 1. The summed E-state index contributed by atoms with van der Waals surface area (Å²) < 4.78 is 0. The molecule has 61 heavy (non-hydrogen) atoms. The Hall–Kier alpha value is -7.74. The summed E-state index contributed by atoms with van der Waals surface area (Å²) in [7, 11) is 0. The topological polar surface area (TPSA) is 3.24 Å². The maximum Gasteiger partial charge on any atom is 0.0540 e. The molecule has 0 aliphatic heterocycles. The molecule has 0 heterocycles. The molecule has 1 aliphatic carbocycles. The van der Waals surface area contributed by atoms with Gasteiger partial charge in [0.25, 0.3) is 0 Å². The Morgan fingerprint density at radius 2 is 0.770 bits per heavy atom. The third-order valence-electron chi connectivity index (χ3n) is 12.8. The zero-order valence-corrected chi connectivity index (χ0v) is 34.0. The molecule has 1 aliphatic rings. The van der Waals surface area contributed by atoms with E-state index in [1.54, 1.807) is 0 Å². The first-order valence-electron chi connectivity index (χ1n) is 21.2. The van der Waals surface area contributed by atoms with Gasteiger partial charge < -0.3 is 4.90 Å². The Bertz CT molecular complexity index is 3170. The van der Waals surface area contributed by atoms with E-state index in [9.17, 15) is 0 Å². The summed E-state index contributed by atoms with van der Waals surface area (Å²) in [6.07, 6.45) is 0. The lowest BCUT2D eigenvalue weighted by Gasteiger charge is -2.30. The molecule has 1 atom stereocenters. The van der Waals surface area contributed by atoms with E-state index >= 15 is 0 Å². The van der Waals surface area contributed by atoms with Crippen molar-refractivity contribution in [3.05, 3.63) is 259 Å². The van der Waals surface area contributed by atoms with Gasteiger partial charge in [-0.25, -0.2) is 0 Å². The molecule has 288 valence electrons. The van der Waals surface area contributed by atoms with Crippen molar-refractivity contribution in [3.8, 4) is 55.6 Å². The average Bonchev–Trinajstić information content (AvgIpc) is 3.61. The second-order valence-corrected chi connectivity index (χ2v) is 16.2. The fourth-order valence-electron chi connectivity index (χ4n) is 9.63. The zero-order chi connectivity index (χ0) is 40.8. The standard InChI is InChI=1S/C60H43N/c1-60(50-19-6-3-7-20-50)56-24-12-10-22-55(56)59-54(23-14-25-57(59)60)53-21-11-13-26-58(53)61(52-39-35-47(36-40-52)49-32-31-43-17-8-9-18-48(43)41-49)51-37-33-46(34-38-51)45-29-27-44(28-30-45)42-15-4-2-5-16-42/h2-41H,1H3. The van der Waals surface area contributed by atoms with Crippen molar-refractivity contribution in [1.29, 1.82) is 0 Å². The van der Waals surface area contributed by atoms with E-state index in [2.05, 4.69) is 254 Å². The van der Waals surface area contributed by atoms with Gasteiger partial charge in [-0.3, -0.25) is 0 Å². The fraction of sp³-hybridized carbons (Fsp3) is 0.0333. The highest BCUT2D eigenvalue weighted by atomic mass is 15.1. The highest BCUT2D eigenvalue weighted by molar-refractivity contribution is 5.99. The van der Waals surface area contributed by atoms with Crippen LogP contribution in [0, 0.1) is 0 Å². The van der Waals surface area contributed by atoms with Crippen LogP contribution in [0.2, 0.25) is 0 Å². The number of hydrogen-bond acceptors (Lipinski definition) is 1. The van der Waals surface area contributed by atoms with E-state index in [1.165, 1.54) is 83.1 Å². The molecule has 11 rings (SSSR count). The largest absolute Gasteiger partial charge is 0.310 e. The number of hydrogen-bond donors (Lipinski definition) is 0. The van der Waals surface area contributed by atoms with Crippen LogP contribution in [0.25, 0.3) is 66.4 Å². The molecule has 0 bridgehead atoms. The second-order valence-electron chi connectivity index (χ2n) is 16.2. The zero-order valence-electron chi connectivity index (χ0n) is 34.0. The van der Waals surface area contributed by atoms with Gasteiger partial charge in [0.2, 0.25) is 0 Å². The van der Waals surface area contributed by atoms with Crippen LogP contribution in [0.15, 0.2) is 243 Å². The van der Waals surface area contributed by atoms with Crippen molar-refractivity contribution >= 4 is 27.8 Å². The Kier molecular flexibility index (Phi) is 9.02. The minimum atomic E-state index is -0.286. The van der Waals surface area contributed by atoms with Gasteiger partial charge in [0.05, 0.1) is 5.69 Å². The summed E-state index contributed by atoms with van der Waals surface area (Å²) in [5.41, 5.74) is 19.2. The molecule has 0 radical (unpaired) electrons. The van der Waals surface area contributed by atoms with Gasteiger partial charge in [-0.05, 0) is 121 Å². The van der Waals surface area contributed by atoms with E-state index in [4.69, 9.17) is 0 Å². The summed E-state index contributed by atoms with van der Waals surface area (Å²) in [5.74, 6) is 0. The number of benzene rings is 10. The van der Waals surface area contributed by atoms with Gasteiger partial charge in [-0.1, -0.05) is 206 Å².